The Balaban J connectivity index is 2.18. The lowest BCUT2D eigenvalue weighted by Crippen LogP contribution is -1.98. The molecule has 3 nitrogen and oxygen atoms in total. The van der Waals surface area contributed by atoms with Crippen LogP contribution in [0.1, 0.15) is 24.8 Å². The van der Waals surface area contributed by atoms with Gasteiger partial charge >= 0.3 is 0 Å². The largest absolute Gasteiger partial charge is 0.383 e. The minimum atomic E-state index is 0.779. The first-order chi connectivity index (χ1) is 8.27. The Morgan fingerprint density at radius 1 is 1.47 bits per heavy atom. The predicted octanol–water partition coefficient (Wildman–Crippen LogP) is 3.30. The summed E-state index contributed by atoms with van der Waals surface area (Å²) in [6.07, 6.45) is 5.81. The van der Waals surface area contributed by atoms with Gasteiger partial charge in [-0.05, 0) is 36.3 Å². The van der Waals surface area contributed by atoms with Gasteiger partial charge in [-0.1, -0.05) is 12.1 Å². The molecular formula is C13H15N3S. The molecule has 0 amide bonds. The second-order valence-electron chi connectivity index (χ2n) is 4.33. The van der Waals surface area contributed by atoms with Crippen LogP contribution in [0.15, 0.2) is 23.6 Å². The van der Waals surface area contributed by atoms with E-state index in [1.165, 1.54) is 16.9 Å². The predicted molar refractivity (Wildman–Crippen MR) is 72.8 cm³/mol. The molecule has 0 atom stereocenters. The van der Waals surface area contributed by atoms with Crippen LogP contribution in [0.25, 0.3) is 16.1 Å². The lowest BCUT2D eigenvalue weighted by atomic mass is 10.0. The van der Waals surface area contributed by atoms with Crippen molar-refractivity contribution in [2.24, 2.45) is 7.05 Å². The van der Waals surface area contributed by atoms with Gasteiger partial charge in [0, 0.05) is 12.6 Å². The maximum Gasteiger partial charge on any atom is 0.129 e. The molecule has 0 bridgehead atoms. The molecule has 2 aromatic heterocycles. The van der Waals surface area contributed by atoms with Crippen molar-refractivity contribution in [3.05, 3.63) is 29.2 Å². The van der Waals surface area contributed by atoms with Crippen LogP contribution >= 0.6 is 11.3 Å². The Morgan fingerprint density at radius 3 is 3.00 bits per heavy atom. The maximum absolute atomic E-state index is 6.15. The SMILES string of the molecule is Cn1nc(-c2cccs2)c(C2=CCCC2)c1N. The van der Waals surface area contributed by atoms with Crippen molar-refractivity contribution < 1.29 is 0 Å². The number of nitrogens with zero attached hydrogens (tertiary/aromatic N) is 2. The number of nitrogens with two attached hydrogens (primary N) is 1. The van der Waals surface area contributed by atoms with Crippen molar-refractivity contribution in [1.82, 2.24) is 9.78 Å². The van der Waals surface area contributed by atoms with E-state index in [9.17, 15) is 0 Å². The van der Waals surface area contributed by atoms with Gasteiger partial charge in [-0.2, -0.15) is 5.10 Å². The molecule has 2 heterocycles. The van der Waals surface area contributed by atoms with Crippen LogP contribution in [0.4, 0.5) is 5.82 Å². The molecule has 0 aliphatic heterocycles. The molecular weight excluding hydrogens is 230 g/mol. The first-order valence-corrected chi connectivity index (χ1v) is 6.71. The Hall–Kier alpha value is -1.55. The summed E-state index contributed by atoms with van der Waals surface area (Å²) >= 11 is 1.71. The van der Waals surface area contributed by atoms with Crippen LogP contribution in [-0.4, -0.2) is 9.78 Å². The fraction of sp³-hybridized carbons (Fsp3) is 0.308. The zero-order chi connectivity index (χ0) is 11.8. The van der Waals surface area contributed by atoms with Gasteiger partial charge in [0.15, 0.2) is 0 Å². The molecule has 17 heavy (non-hydrogen) atoms. The van der Waals surface area contributed by atoms with Crippen LogP contribution in [0.5, 0.6) is 0 Å². The number of hydrogen-bond acceptors (Lipinski definition) is 3. The highest BCUT2D eigenvalue weighted by atomic mass is 32.1. The summed E-state index contributed by atoms with van der Waals surface area (Å²) < 4.78 is 1.78. The number of allylic oxidation sites excluding steroid dienone is 2. The molecule has 0 radical (unpaired) electrons. The highest BCUT2D eigenvalue weighted by molar-refractivity contribution is 7.13. The molecule has 3 rings (SSSR count). The quantitative estimate of drug-likeness (QED) is 0.882. The third kappa shape index (κ3) is 1.69. The molecule has 1 aliphatic rings. The summed E-state index contributed by atoms with van der Waals surface area (Å²) in [4.78, 5) is 1.19. The second kappa shape index (κ2) is 4.04. The van der Waals surface area contributed by atoms with Crippen LogP contribution in [0.2, 0.25) is 0 Å². The van der Waals surface area contributed by atoms with E-state index in [2.05, 4.69) is 28.7 Å². The molecule has 0 saturated carbocycles. The van der Waals surface area contributed by atoms with Crippen molar-refractivity contribution in [3.63, 3.8) is 0 Å². The van der Waals surface area contributed by atoms with E-state index in [0.717, 1.165) is 29.9 Å². The average Bonchev–Trinajstić information content (AvgIpc) is 3.01. The minimum absolute atomic E-state index is 0.779. The van der Waals surface area contributed by atoms with Crippen molar-refractivity contribution in [3.8, 4) is 10.6 Å². The second-order valence-corrected chi connectivity index (χ2v) is 5.28. The molecule has 2 aromatic rings. The van der Waals surface area contributed by atoms with Crippen molar-refractivity contribution >= 4 is 22.7 Å². The average molecular weight is 245 g/mol. The fourth-order valence-corrected chi connectivity index (χ4v) is 3.05. The normalized spacial score (nSPS) is 15.2. The van der Waals surface area contributed by atoms with Crippen LogP contribution in [0, 0.1) is 0 Å². The molecule has 1 aliphatic carbocycles. The smallest absolute Gasteiger partial charge is 0.129 e. The van der Waals surface area contributed by atoms with E-state index < -0.39 is 0 Å². The Kier molecular flexibility index (Phi) is 2.52. The van der Waals surface area contributed by atoms with Gasteiger partial charge in [0.1, 0.15) is 11.5 Å². The fourth-order valence-electron chi connectivity index (χ4n) is 2.34. The Bertz CT molecular complexity index is 564. The Morgan fingerprint density at radius 2 is 2.35 bits per heavy atom. The molecule has 0 unspecified atom stereocenters. The molecule has 0 spiro atoms. The van der Waals surface area contributed by atoms with E-state index in [0.29, 0.717) is 0 Å². The summed E-state index contributed by atoms with van der Waals surface area (Å²) in [5, 5.41) is 6.63. The van der Waals surface area contributed by atoms with E-state index in [1.807, 2.05) is 7.05 Å². The third-order valence-electron chi connectivity index (χ3n) is 3.21. The van der Waals surface area contributed by atoms with Gasteiger partial charge in [0.05, 0.1) is 4.88 Å². The number of hydrogen-bond donors (Lipinski definition) is 1. The van der Waals surface area contributed by atoms with Gasteiger partial charge < -0.3 is 5.73 Å². The zero-order valence-electron chi connectivity index (χ0n) is 9.81. The number of anilines is 1. The topological polar surface area (TPSA) is 43.8 Å². The van der Waals surface area contributed by atoms with E-state index >= 15 is 0 Å². The Labute approximate surface area is 105 Å². The summed E-state index contributed by atoms with van der Waals surface area (Å²) in [6, 6.07) is 4.16. The number of aromatic nitrogens is 2. The van der Waals surface area contributed by atoms with Gasteiger partial charge in [0.2, 0.25) is 0 Å². The van der Waals surface area contributed by atoms with Gasteiger partial charge in [-0.25, -0.2) is 0 Å². The summed E-state index contributed by atoms with van der Waals surface area (Å²) in [7, 11) is 1.91. The highest BCUT2D eigenvalue weighted by Gasteiger charge is 2.21. The standard InChI is InChI=1S/C13H15N3S/c1-16-13(14)11(9-5-2-3-6-9)12(15-16)10-7-4-8-17-10/h4-5,7-8H,2-3,6,14H2,1H3. The third-order valence-corrected chi connectivity index (χ3v) is 4.08. The molecule has 0 aromatic carbocycles. The number of aryl methyl sites for hydroxylation is 1. The van der Waals surface area contributed by atoms with Gasteiger partial charge in [0.25, 0.3) is 0 Å². The van der Waals surface area contributed by atoms with Crippen molar-refractivity contribution in [2.45, 2.75) is 19.3 Å². The summed E-state index contributed by atoms with van der Waals surface area (Å²) in [5.41, 5.74) is 9.69. The molecule has 2 N–H and O–H groups in total. The van der Waals surface area contributed by atoms with E-state index in [-0.39, 0.29) is 0 Å². The lowest BCUT2D eigenvalue weighted by molar-refractivity contribution is 0.782. The first kappa shape index (κ1) is 10.6. The van der Waals surface area contributed by atoms with Crippen LogP contribution < -0.4 is 5.73 Å². The minimum Gasteiger partial charge on any atom is -0.383 e. The molecule has 4 heteroatoms. The van der Waals surface area contributed by atoms with Crippen molar-refractivity contribution in [2.75, 3.05) is 5.73 Å². The van der Waals surface area contributed by atoms with E-state index in [4.69, 9.17) is 5.73 Å². The highest BCUT2D eigenvalue weighted by Crippen LogP contribution is 2.39. The number of rotatable bonds is 2. The molecule has 0 fully saturated rings. The monoisotopic (exact) mass is 245 g/mol. The number of thiophene rings is 1. The van der Waals surface area contributed by atoms with Gasteiger partial charge in [-0.3, -0.25) is 4.68 Å². The maximum atomic E-state index is 6.15. The van der Waals surface area contributed by atoms with Gasteiger partial charge in [-0.15, -0.1) is 11.3 Å². The first-order valence-electron chi connectivity index (χ1n) is 5.83. The lowest BCUT2D eigenvalue weighted by Gasteiger charge is -2.03. The van der Waals surface area contributed by atoms with Crippen LogP contribution in [0.3, 0.4) is 0 Å². The molecule has 0 saturated heterocycles. The zero-order valence-corrected chi connectivity index (χ0v) is 10.6. The number of nitrogen functional groups attached to an aromatic ring is 1. The molecule has 88 valence electrons. The van der Waals surface area contributed by atoms with E-state index in [1.54, 1.807) is 16.0 Å². The summed E-state index contributed by atoms with van der Waals surface area (Å²) in [5.74, 6) is 0.779. The van der Waals surface area contributed by atoms with Crippen molar-refractivity contribution in [1.29, 1.82) is 0 Å². The summed E-state index contributed by atoms with van der Waals surface area (Å²) in [6.45, 7) is 0. The van der Waals surface area contributed by atoms with Crippen LogP contribution in [-0.2, 0) is 7.05 Å².